The van der Waals surface area contributed by atoms with Crippen molar-refractivity contribution in [2.24, 2.45) is 0 Å². The molecule has 0 aliphatic carbocycles. The maximum atomic E-state index is 12.5. The third kappa shape index (κ3) is 6.89. The average Bonchev–Trinajstić information content (AvgIpc) is 2.86. The summed E-state index contributed by atoms with van der Waals surface area (Å²) in [5, 5.41) is 0. The second-order valence-electron chi connectivity index (χ2n) is 6.77. The van der Waals surface area contributed by atoms with E-state index in [9.17, 15) is 9.46 Å². The van der Waals surface area contributed by atoms with Crippen molar-refractivity contribution in [2.75, 3.05) is 13.7 Å². The molecule has 3 rings (SSSR count). The number of hydrogen-bond acceptors (Lipinski definition) is 6. The first kappa shape index (κ1) is 25.5. The van der Waals surface area contributed by atoms with Crippen LogP contribution in [0.15, 0.2) is 52.3 Å². The van der Waals surface area contributed by atoms with E-state index in [4.69, 9.17) is 13.8 Å². The molecule has 0 amide bonds. The summed E-state index contributed by atoms with van der Waals surface area (Å²) in [5.41, 5.74) is 1.54. The van der Waals surface area contributed by atoms with Gasteiger partial charge < -0.3 is 18.7 Å². The van der Waals surface area contributed by atoms with E-state index in [1.54, 1.807) is 13.2 Å². The van der Waals surface area contributed by atoms with Crippen LogP contribution in [-0.2, 0) is 13.6 Å². The standard InChI is InChI=1S/C22H27O5PS.Na/c1-3-4-5-6-9-15-26-28(23,24)27-20-16-17-11-7-8-14-21(17)29-22-18(20)12-10-13-19(22)25-2;/h7-8,10-14,16H,3-6,9,15H2,1-2H3,(H,23,24);/q;+1/p-1. The molecule has 0 aromatic heterocycles. The van der Waals surface area contributed by atoms with Gasteiger partial charge in [-0.2, -0.15) is 0 Å². The molecule has 0 spiro atoms. The first-order chi connectivity index (χ1) is 14.0. The first-order valence-electron chi connectivity index (χ1n) is 9.85. The molecule has 5 nitrogen and oxygen atoms in total. The van der Waals surface area contributed by atoms with Crippen molar-refractivity contribution < 1.29 is 52.8 Å². The summed E-state index contributed by atoms with van der Waals surface area (Å²) in [6, 6.07) is 13.3. The molecule has 0 fully saturated rings. The summed E-state index contributed by atoms with van der Waals surface area (Å²) < 4.78 is 28.5. The number of unbranched alkanes of at least 4 members (excludes halogenated alkanes) is 4. The molecule has 1 aliphatic rings. The molecule has 0 N–H and O–H groups in total. The monoisotopic (exact) mass is 456 g/mol. The van der Waals surface area contributed by atoms with Crippen molar-refractivity contribution in [3.63, 3.8) is 0 Å². The molecule has 8 heteroatoms. The zero-order valence-corrected chi connectivity index (χ0v) is 21.5. The summed E-state index contributed by atoms with van der Waals surface area (Å²) in [5.74, 6) is 0.900. The maximum Gasteiger partial charge on any atom is 1.00 e. The molecule has 1 unspecified atom stereocenters. The predicted octanol–water partition coefficient (Wildman–Crippen LogP) is 3.13. The van der Waals surface area contributed by atoms with Crippen LogP contribution in [0.4, 0.5) is 0 Å². The number of phosphoric ester groups is 1. The minimum atomic E-state index is -4.50. The van der Waals surface area contributed by atoms with Crippen molar-refractivity contribution in [3.8, 4) is 5.75 Å². The van der Waals surface area contributed by atoms with Crippen LogP contribution < -0.4 is 39.2 Å². The molecule has 0 saturated heterocycles. The predicted molar refractivity (Wildman–Crippen MR) is 115 cm³/mol. The Labute approximate surface area is 205 Å². The number of ether oxygens (including phenoxy) is 1. The Morgan fingerprint density at radius 1 is 1.03 bits per heavy atom. The van der Waals surface area contributed by atoms with Gasteiger partial charge in [0.1, 0.15) is 11.5 Å². The molecule has 1 heterocycles. The van der Waals surface area contributed by atoms with Crippen LogP contribution in [0.1, 0.15) is 50.2 Å². The van der Waals surface area contributed by atoms with Gasteiger partial charge in [0.15, 0.2) is 0 Å². The number of fused-ring (bicyclic) bond motifs is 2. The van der Waals surface area contributed by atoms with E-state index in [-0.39, 0.29) is 41.9 Å². The van der Waals surface area contributed by atoms with Crippen molar-refractivity contribution in [3.05, 3.63) is 53.6 Å². The Hall–Kier alpha value is -0.720. The number of phosphoric acid groups is 1. The Bertz CT molecular complexity index is 918. The Balaban J connectivity index is 0.00000320. The van der Waals surface area contributed by atoms with Crippen LogP contribution in [0.2, 0.25) is 0 Å². The number of rotatable bonds is 10. The Morgan fingerprint density at radius 3 is 2.57 bits per heavy atom. The molecule has 0 radical (unpaired) electrons. The van der Waals surface area contributed by atoms with Gasteiger partial charge in [0.05, 0.1) is 18.6 Å². The fourth-order valence-corrected chi connectivity index (χ4v) is 5.04. The van der Waals surface area contributed by atoms with Gasteiger partial charge >= 0.3 is 37.4 Å². The third-order valence-electron chi connectivity index (χ3n) is 4.59. The van der Waals surface area contributed by atoms with E-state index in [1.807, 2.05) is 42.5 Å². The minimum absolute atomic E-state index is 0. The fraction of sp³-hybridized carbons (Fsp3) is 0.364. The quantitative estimate of drug-likeness (QED) is 0.311. The molecule has 1 atom stereocenters. The normalized spacial score (nSPS) is 14.3. The van der Waals surface area contributed by atoms with Crippen LogP contribution >= 0.6 is 19.6 Å². The van der Waals surface area contributed by atoms with E-state index < -0.39 is 7.82 Å². The van der Waals surface area contributed by atoms with Gasteiger partial charge in [-0.1, -0.05) is 68.6 Å². The number of benzene rings is 2. The Kier molecular flexibility index (Phi) is 10.5. The van der Waals surface area contributed by atoms with Gasteiger partial charge in [-0.3, -0.25) is 4.57 Å². The molecular weight excluding hydrogens is 430 g/mol. The van der Waals surface area contributed by atoms with Crippen LogP contribution in [0, 0.1) is 0 Å². The molecule has 156 valence electrons. The van der Waals surface area contributed by atoms with Crippen molar-refractivity contribution in [2.45, 2.75) is 48.8 Å². The Morgan fingerprint density at radius 2 is 1.80 bits per heavy atom. The topological polar surface area (TPSA) is 67.8 Å². The SMILES string of the molecule is CCCCCCCOP(=O)([O-])OC1=Cc2ccccc2Sc2c(OC)cccc21.[Na+]. The van der Waals surface area contributed by atoms with E-state index in [1.165, 1.54) is 11.8 Å². The van der Waals surface area contributed by atoms with Gasteiger partial charge in [-0.15, -0.1) is 0 Å². The van der Waals surface area contributed by atoms with Crippen LogP contribution in [0.3, 0.4) is 0 Å². The number of methoxy groups -OCH3 is 1. The van der Waals surface area contributed by atoms with Crippen molar-refractivity contribution in [1.82, 2.24) is 0 Å². The molecule has 1 aliphatic heterocycles. The van der Waals surface area contributed by atoms with Crippen LogP contribution in [0.25, 0.3) is 11.8 Å². The minimum Gasteiger partial charge on any atom is -0.746 e. The zero-order chi connectivity index (χ0) is 20.7. The van der Waals surface area contributed by atoms with E-state index in [0.29, 0.717) is 17.7 Å². The van der Waals surface area contributed by atoms with E-state index in [0.717, 1.165) is 41.0 Å². The van der Waals surface area contributed by atoms with Gasteiger partial charge in [0.25, 0.3) is 0 Å². The van der Waals surface area contributed by atoms with E-state index >= 15 is 0 Å². The van der Waals surface area contributed by atoms with Gasteiger partial charge in [0.2, 0.25) is 0 Å². The first-order valence-corrected chi connectivity index (χ1v) is 12.1. The maximum absolute atomic E-state index is 12.5. The summed E-state index contributed by atoms with van der Waals surface area (Å²) in [7, 11) is -2.90. The second kappa shape index (κ2) is 12.4. The van der Waals surface area contributed by atoms with Crippen LogP contribution in [0.5, 0.6) is 5.75 Å². The van der Waals surface area contributed by atoms with Crippen molar-refractivity contribution in [1.29, 1.82) is 0 Å². The molecule has 2 aromatic rings. The van der Waals surface area contributed by atoms with Gasteiger partial charge in [-0.05, 0) is 36.3 Å². The molecular formula is C22H26NaO5PS. The van der Waals surface area contributed by atoms with Crippen molar-refractivity contribution >= 4 is 31.4 Å². The summed E-state index contributed by atoms with van der Waals surface area (Å²) in [6.45, 7) is 2.27. The fourth-order valence-electron chi connectivity index (χ4n) is 3.10. The zero-order valence-electron chi connectivity index (χ0n) is 17.8. The average molecular weight is 456 g/mol. The molecule has 0 bridgehead atoms. The molecule has 30 heavy (non-hydrogen) atoms. The summed E-state index contributed by atoms with van der Waals surface area (Å²) in [4.78, 5) is 14.3. The van der Waals surface area contributed by atoms with Crippen LogP contribution in [-0.4, -0.2) is 13.7 Å². The summed E-state index contributed by atoms with van der Waals surface area (Å²) >= 11 is 1.52. The van der Waals surface area contributed by atoms with Gasteiger partial charge in [-0.25, -0.2) is 0 Å². The molecule has 0 saturated carbocycles. The largest absolute Gasteiger partial charge is 1.00 e. The van der Waals surface area contributed by atoms with E-state index in [2.05, 4.69) is 6.92 Å². The third-order valence-corrected chi connectivity index (χ3v) is 6.73. The summed E-state index contributed by atoms with van der Waals surface area (Å²) in [6.07, 6.45) is 6.74. The number of hydrogen-bond donors (Lipinski definition) is 0. The second-order valence-corrected chi connectivity index (χ2v) is 9.16. The molecule has 2 aromatic carbocycles. The van der Waals surface area contributed by atoms with Gasteiger partial charge in [0, 0.05) is 10.5 Å². The smallest absolute Gasteiger partial charge is 0.746 e.